The Bertz CT molecular complexity index is 784. The van der Waals surface area contributed by atoms with Gasteiger partial charge in [0.25, 0.3) is 5.91 Å². The summed E-state index contributed by atoms with van der Waals surface area (Å²) in [6.07, 6.45) is 1.16. The molecular weight excluding hydrogens is 328 g/mol. The quantitative estimate of drug-likeness (QED) is 0.918. The molecule has 1 atom stereocenters. The van der Waals surface area contributed by atoms with Crippen LogP contribution in [0, 0.1) is 0 Å². The molecule has 0 unspecified atom stereocenters. The summed E-state index contributed by atoms with van der Waals surface area (Å²) >= 11 is 0. The SMILES string of the molecule is CC(C)c1ccc(-c2ccc(C(=O)N[C@H]3CCC(=O)N(C)C3)cc2)nn1. The molecule has 2 aromatic rings. The van der Waals surface area contributed by atoms with Crippen LogP contribution in [0.1, 0.15) is 48.7 Å². The number of hydrogen-bond donors (Lipinski definition) is 1. The van der Waals surface area contributed by atoms with Crippen LogP contribution in [0.25, 0.3) is 11.3 Å². The molecule has 0 bridgehead atoms. The van der Waals surface area contributed by atoms with Crippen molar-refractivity contribution in [2.75, 3.05) is 13.6 Å². The standard InChI is InChI=1S/C20H24N4O2/c1-13(2)17-9-10-18(23-22-17)14-4-6-15(7-5-14)20(26)21-16-8-11-19(25)24(3)12-16/h4-7,9-10,13,16H,8,11-12H2,1-3H3,(H,21,26)/t16-/m0/s1. The van der Waals surface area contributed by atoms with Crippen LogP contribution in [0.4, 0.5) is 0 Å². The van der Waals surface area contributed by atoms with Crippen molar-refractivity contribution in [3.8, 4) is 11.3 Å². The zero-order valence-electron chi connectivity index (χ0n) is 15.4. The van der Waals surface area contributed by atoms with E-state index in [4.69, 9.17) is 0 Å². The fourth-order valence-corrected chi connectivity index (χ4v) is 3.00. The Morgan fingerprint density at radius 1 is 1.15 bits per heavy atom. The van der Waals surface area contributed by atoms with E-state index in [1.54, 1.807) is 24.1 Å². The molecule has 2 heterocycles. The van der Waals surface area contributed by atoms with E-state index in [9.17, 15) is 9.59 Å². The predicted molar refractivity (Wildman–Crippen MR) is 99.7 cm³/mol. The molecule has 1 fully saturated rings. The number of aromatic nitrogens is 2. The van der Waals surface area contributed by atoms with Crippen molar-refractivity contribution in [2.24, 2.45) is 0 Å². The molecule has 1 aliphatic heterocycles. The zero-order chi connectivity index (χ0) is 18.7. The van der Waals surface area contributed by atoms with E-state index in [0.717, 1.165) is 17.0 Å². The Morgan fingerprint density at radius 2 is 1.88 bits per heavy atom. The van der Waals surface area contributed by atoms with E-state index >= 15 is 0 Å². The smallest absolute Gasteiger partial charge is 0.251 e. The molecule has 136 valence electrons. The predicted octanol–water partition coefficient (Wildman–Crippen LogP) is 2.62. The maximum Gasteiger partial charge on any atom is 0.251 e. The Labute approximate surface area is 153 Å². The summed E-state index contributed by atoms with van der Waals surface area (Å²) in [7, 11) is 1.76. The van der Waals surface area contributed by atoms with Crippen molar-refractivity contribution in [3.05, 3.63) is 47.7 Å². The van der Waals surface area contributed by atoms with E-state index in [-0.39, 0.29) is 17.9 Å². The van der Waals surface area contributed by atoms with Crippen molar-refractivity contribution >= 4 is 11.8 Å². The van der Waals surface area contributed by atoms with Gasteiger partial charge in [0.05, 0.1) is 11.4 Å². The lowest BCUT2D eigenvalue weighted by Gasteiger charge is -2.30. The third-order valence-corrected chi connectivity index (χ3v) is 4.68. The van der Waals surface area contributed by atoms with Crippen LogP contribution in [-0.4, -0.2) is 46.5 Å². The minimum Gasteiger partial charge on any atom is -0.348 e. The molecule has 6 heteroatoms. The third kappa shape index (κ3) is 4.07. The molecule has 0 aliphatic carbocycles. The molecule has 1 N–H and O–H groups in total. The summed E-state index contributed by atoms with van der Waals surface area (Å²) in [6.45, 7) is 4.72. The van der Waals surface area contributed by atoms with Crippen LogP contribution in [-0.2, 0) is 4.79 Å². The average Bonchev–Trinajstić information content (AvgIpc) is 2.65. The molecule has 1 aromatic carbocycles. The monoisotopic (exact) mass is 352 g/mol. The Kier molecular flexibility index (Phi) is 5.30. The van der Waals surface area contributed by atoms with Gasteiger partial charge in [-0.25, -0.2) is 0 Å². The highest BCUT2D eigenvalue weighted by molar-refractivity contribution is 5.95. The highest BCUT2D eigenvalue weighted by Gasteiger charge is 2.24. The van der Waals surface area contributed by atoms with Gasteiger partial charge in [0.1, 0.15) is 0 Å². The summed E-state index contributed by atoms with van der Waals surface area (Å²) in [5.74, 6) is 0.353. The van der Waals surface area contributed by atoms with Gasteiger partial charge in [-0.1, -0.05) is 26.0 Å². The summed E-state index contributed by atoms with van der Waals surface area (Å²) < 4.78 is 0. The number of nitrogens with zero attached hydrogens (tertiary/aromatic N) is 3. The lowest BCUT2D eigenvalue weighted by atomic mass is 10.0. The van der Waals surface area contributed by atoms with Crippen molar-refractivity contribution in [2.45, 2.75) is 38.6 Å². The second-order valence-corrected chi connectivity index (χ2v) is 7.06. The molecule has 0 radical (unpaired) electrons. The molecule has 3 rings (SSSR count). The molecule has 0 saturated carbocycles. The van der Waals surface area contributed by atoms with E-state index in [2.05, 4.69) is 29.4 Å². The molecule has 1 aliphatic rings. The number of piperidine rings is 1. The van der Waals surface area contributed by atoms with Gasteiger partial charge in [-0.3, -0.25) is 9.59 Å². The largest absolute Gasteiger partial charge is 0.348 e. The first-order valence-corrected chi connectivity index (χ1v) is 8.93. The van der Waals surface area contributed by atoms with Crippen molar-refractivity contribution in [3.63, 3.8) is 0 Å². The van der Waals surface area contributed by atoms with Crippen LogP contribution in [0.5, 0.6) is 0 Å². The molecule has 2 amide bonds. The van der Waals surface area contributed by atoms with E-state index in [0.29, 0.717) is 30.9 Å². The van der Waals surface area contributed by atoms with Crippen LogP contribution in [0.2, 0.25) is 0 Å². The Hall–Kier alpha value is -2.76. The number of benzene rings is 1. The number of hydrogen-bond acceptors (Lipinski definition) is 4. The van der Waals surface area contributed by atoms with Crippen LogP contribution < -0.4 is 5.32 Å². The van der Waals surface area contributed by atoms with Gasteiger partial charge >= 0.3 is 0 Å². The van der Waals surface area contributed by atoms with Crippen molar-refractivity contribution in [1.29, 1.82) is 0 Å². The molecular formula is C20H24N4O2. The normalized spacial score (nSPS) is 17.5. The average molecular weight is 352 g/mol. The number of likely N-dealkylation sites (tertiary alicyclic amines) is 1. The maximum absolute atomic E-state index is 12.4. The Balaban J connectivity index is 1.65. The number of likely N-dealkylation sites (N-methyl/N-ethyl adjacent to an activating group) is 1. The van der Waals surface area contributed by atoms with Gasteiger partial charge < -0.3 is 10.2 Å². The van der Waals surface area contributed by atoms with Crippen molar-refractivity contribution < 1.29 is 9.59 Å². The molecule has 0 spiro atoms. The minimum absolute atomic E-state index is 0.000629. The summed E-state index contributed by atoms with van der Waals surface area (Å²) in [5, 5.41) is 11.5. The molecule has 6 nitrogen and oxygen atoms in total. The van der Waals surface area contributed by atoms with Gasteiger partial charge in [0.15, 0.2) is 0 Å². The summed E-state index contributed by atoms with van der Waals surface area (Å²) in [6, 6.07) is 11.3. The van der Waals surface area contributed by atoms with E-state index in [1.807, 2.05) is 24.3 Å². The van der Waals surface area contributed by atoms with Gasteiger partial charge in [-0.15, -0.1) is 0 Å². The van der Waals surface area contributed by atoms with Gasteiger partial charge in [0, 0.05) is 37.2 Å². The summed E-state index contributed by atoms with van der Waals surface area (Å²) in [5.41, 5.74) is 3.27. The first-order valence-electron chi connectivity index (χ1n) is 8.93. The lowest BCUT2D eigenvalue weighted by molar-refractivity contribution is -0.132. The van der Waals surface area contributed by atoms with Crippen molar-refractivity contribution in [1.82, 2.24) is 20.4 Å². The second kappa shape index (κ2) is 7.64. The van der Waals surface area contributed by atoms with Gasteiger partial charge in [0.2, 0.25) is 5.91 Å². The number of carbonyl (C=O) groups is 2. The lowest BCUT2D eigenvalue weighted by Crippen LogP contribution is -2.48. The maximum atomic E-state index is 12.4. The van der Waals surface area contributed by atoms with Crippen LogP contribution in [0.15, 0.2) is 36.4 Å². The fraction of sp³-hybridized carbons (Fsp3) is 0.400. The van der Waals surface area contributed by atoms with Crippen LogP contribution in [0.3, 0.4) is 0 Å². The molecule has 26 heavy (non-hydrogen) atoms. The number of amides is 2. The highest BCUT2D eigenvalue weighted by atomic mass is 16.2. The fourth-order valence-electron chi connectivity index (χ4n) is 3.00. The number of carbonyl (C=O) groups excluding carboxylic acids is 2. The first kappa shape index (κ1) is 18.0. The highest BCUT2D eigenvalue weighted by Crippen LogP contribution is 2.19. The Morgan fingerprint density at radius 3 is 2.46 bits per heavy atom. The molecule has 1 saturated heterocycles. The van der Waals surface area contributed by atoms with Gasteiger partial charge in [-0.2, -0.15) is 10.2 Å². The van der Waals surface area contributed by atoms with Gasteiger partial charge in [-0.05, 0) is 36.6 Å². The van der Waals surface area contributed by atoms with Crippen LogP contribution >= 0.6 is 0 Å². The first-order chi connectivity index (χ1) is 12.4. The minimum atomic E-state index is -0.120. The third-order valence-electron chi connectivity index (χ3n) is 4.68. The van der Waals surface area contributed by atoms with E-state index in [1.165, 1.54) is 0 Å². The topological polar surface area (TPSA) is 75.2 Å². The number of rotatable bonds is 4. The number of nitrogens with one attached hydrogen (secondary N) is 1. The second-order valence-electron chi connectivity index (χ2n) is 7.06. The van der Waals surface area contributed by atoms with E-state index < -0.39 is 0 Å². The summed E-state index contributed by atoms with van der Waals surface area (Å²) in [4.78, 5) is 25.6. The zero-order valence-corrected chi connectivity index (χ0v) is 15.4. The molecule has 1 aromatic heterocycles.